The average Bonchev–Trinajstić information content (AvgIpc) is 2.38. The minimum atomic E-state index is 0.533. The Hall–Kier alpha value is -2.16. The molecule has 0 aliphatic rings. The molecule has 1 aromatic carbocycles. The SMILES string of the molecule is COc1c(C=O)cccc1-c1ccccn1. The molecular formula is C13H11NO2. The van der Waals surface area contributed by atoms with Gasteiger partial charge in [-0.15, -0.1) is 0 Å². The number of nitrogens with zero attached hydrogens (tertiary/aromatic N) is 1. The van der Waals surface area contributed by atoms with E-state index in [1.165, 1.54) is 0 Å². The first-order valence-electron chi connectivity index (χ1n) is 4.90. The molecule has 3 nitrogen and oxygen atoms in total. The van der Waals surface area contributed by atoms with Crippen LogP contribution in [0.2, 0.25) is 0 Å². The zero-order chi connectivity index (χ0) is 11.4. The Labute approximate surface area is 93.7 Å². The van der Waals surface area contributed by atoms with Gasteiger partial charge in [0.15, 0.2) is 6.29 Å². The smallest absolute Gasteiger partial charge is 0.153 e. The fraction of sp³-hybridized carbons (Fsp3) is 0.0769. The number of aldehydes is 1. The van der Waals surface area contributed by atoms with Gasteiger partial charge in [0.1, 0.15) is 5.75 Å². The maximum atomic E-state index is 10.9. The van der Waals surface area contributed by atoms with Gasteiger partial charge in [-0.05, 0) is 24.3 Å². The van der Waals surface area contributed by atoms with Crippen molar-refractivity contribution in [1.29, 1.82) is 0 Å². The molecule has 0 unspecified atom stereocenters. The highest BCUT2D eigenvalue weighted by Crippen LogP contribution is 2.30. The molecule has 2 rings (SSSR count). The number of rotatable bonds is 3. The van der Waals surface area contributed by atoms with E-state index in [2.05, 4.69) is 4.98 Å². The first kappa shape index (κ1) is 10.4. The molecule has 16 heavy (non-hydrogen) atoms. The summed E-state index contributed by atoms with van der Waals surface area (Å²) in [5.74, 6) is 0.566. The monoisotopic (exact) mass is 213 g/mol. The van der Waals surface area contributed by atoms with Gasteiger partial charge in [0, 0.05) is 11.8 Å². The summed E-state index contributed by atoms with van der Waals surface area (Å²) in [6.07, 6.45) is 2.49. The number of para-hydroxylation sites is 1. The number of methoxy groups -OCH3 is 1. The molecule has 3 heteroatoms. The summed E-state index contributed by atoms with van der Waals surface area (Å²) < 4.78 is 5.25. The van der Waals surface area contributed by atoms with Crippen molar-refractivity contribution in [3.63, 3.8) is 0 Å². The van der Waals surface area contributed by atoms with Gasteiger partial charge in [-0.3, -0.25) is 9.78 Å². The molecule has 0 radical (unpaired) electrons. The second-order valence-electron chi connectivity index (χ2n) is 3.26. The largest absolute Gasteiger partial charge is 0.495 e. The van der Waals surface area contributed by atoms with Crippen molar-refractivity contribution >= 4 is 6.29 Å². The Morgan fingerprint density at radius 2 is 2.06 bits per heavy atom. The van der Waals surface area contributed by atoms with Gasteiger partial charge in [0.25, 0.3) is 0 Å². The number of hydrogen-bond donors (Lipinski definition) is 0. The third kappa shape index (κ3) is 1.80. The van der Waals surface area contributed by atoms with Gasteiger partial charge in [0.05, 0.1) is 18.4 Å². The predicted octanol–water partition coefficient (Wildman–Crippen LogP) is 2.57. The van der Waals surface area contributed by atoms with Crippen LogP contribution < -0.4 is 4.74 Å². The summed E-state index contributed by atoms with van der Waals surface area (Å²) in [6, 6.07) is 11.0. The number of carbonyl (C=O) groups excluding carboxylic acids is 1. The molecule has 0 fully saturated rings. The molecule has 0 atom stereocenters. The molecule has 2 aromatic rings. The lowest BCUT2D eigenvalue weighted by atomic mass is 10.1. The van der Waals surface area contributed by atoms with Crippen molar-refractivity contribution in [2.75, 3.05) is 7.11 Å². The normalized spacial score (nSPS) is 9.81. The molecule has 0 N–H and O–H groups in total. The maximum Gasteiger partial charge on any atom is 0.153 e. The summed E-state index contributed by atoms with van der Waals surface area (Å²) in [5, 5.41) is 0. The third-order valence-electron chi connectivity index (χ3n) is 2.32. The van der Waals surface area contributed by atoms with Crippen molar-refractivity contribution in [3.8, 4) is 17.0 Å². The van der Waals surface area contributed by atoms with E-state index in [9.17, 15) is 4.79 Å². The molecule has 1 heterocycles. The fourth-order valence-electron chi connectivity index (χ4n) is 1.60. The Morgan fingerprint density at radius 1 is 1.19 bits per heavy atom. The molecule has 0 spiro atoms. The van der Waals surface area contributed by atoms with Crippen molar-refractivity contribution in [2.24, 2.45) is 0 Å². The Kier molecular flexibility index (Phi) is 2.96. The lowest BCUT2D eigenvalue weighted by molar-refractivity contribution is 0.112. The van der Waals surface area contributed by atoms with E-state index in [0.717, 1.165) is 17.5 Å². The van der Waals surface area contributed by atoms with Crippen LogP contribution in [0.4, 0.5) is 0 Å². The predicted molar refractivity (Wildman–Crippen MR) is 61.6 cm³/mol. The summed E-state index contributed by atoms with van der Waals surface area (Å²) in [7, 11) is 1.55. The zero-order valence-corrected chi connectivity index (χ0v) is 8.88. The van der Waals surface area contributed by atoms with E-state index >= 15 is 0 Å². The Balaban J connectivity index is 2.61. The van der Waals surface area contributed by atoms with E-state index in [1.807, 2.05) is 30.3 Å². The summed E-state index contributed by atoms with van der Waals surface area (Å²) >= 11 is 0. The van der Waals surface area contributed by atoms with Crippen LogP contribution in [0.3, 0.4) is 0 Å². The van der Waals surface area contributed by atoms with Crippen LogP contribution in [0.5, 0.6) is 5.75 Å². The van der Waals surface area contributed by atoms with Crippen LogP contribution >= 0.6 is 0 Å². The number of hydrogen-bond acceptors (Lipinski definition) is 3. The fourth-order valence-corrected chi connectivity index (χ4v) is 1.60. The van der Waals surface area contributed by atoms with Crippen LogP contribution in [-0.4, -0.2) is 18.4 Å². The van der Waals surface area contributed by atoms with Crippen LogP contribution in [0.15, 0.2) is 42.6 Å². The van der Waals surface area contributed by atoms with E-state index in [-0.39, 0.29) is 0 Å². The average molecular weight is 213 g/mol. The van der Waals surface area contributed by atoms with Crippen LogP contribution in [-0.2, 0) is 0 Å². The van der Waals surface area contributed by atoms with Gasteiger partial charge in [0.2, 0.25) is 0 Å². The van der Waals surface area contributed by atoms with Crippen LogP contribution in [0.1, 0.15) is 10.4 Å². The Morgan fingerprint density at radius 3 is 2.69 bits per heavy atom. The van der Waals surface area contributed by atoms with Crippen molar-refractivity contribution in [1.82, 2.24) is 4.98 Å². The topological polar surface area (TPSA) is 39.2 Å². The number of benzene rings is 1. The van der Waals surface area contributed by atoms with E-state index < -0.39 is 0 Å². The highest BCUT2D eigenvalue weighted by Gasteiger charge is 2.10. The lowest BCUT2D eigenvalue weighted by Gasteiger charge is -2.09. The summed E-state index contributed by atoms with van der Waals surface area (Å²) in [6.45, 7) is 0. The minimum absolute atomic E-state index is 0.533. The van der Waals surface area contributed by atoms with Gasteiger partial charge in [-0.25, -0.2) is 0 Å². The molecule has 0 saturated carbocycles. The highest BCUT2D eigenvalue weighted by molar-refractivity contribution is 5.85. The van der Waals surface area contributed by atoms with E-state index in [0.29, 0.717) is 11.3 Å². The lowest BCUT2D eigenvalue weighted by Crippen LogP contribution is -1.94. The molecular weight excluding hydrogens is 202 g/mol. The second-order valence-corrected chi connectivity index (χ2v) is 3.26. The number of pyridine rings is 1. The molecule has 0 aliphatic carbocycles. The Bertz CT molecular complexity index is 495. The maximum absolute atomic E-state index is 10.9. The van der Waals surface area contributed by atoms with Gasteiger partial charge < -0.3 is 4.74 Å². The molecule has 0 bridgehead atoms. The number of carbonyl (C=O) groups is 1. The van der Waals surface area contributed by atoms with Gasteiger partial charge >= 0.3 is 0 Å². The van der Waals surface area contributed by atoms with Crippen LogP contribution in [0.25, 0.3) is 11.3 Å². The molecule has 0 saturated heterocycles. The summed E-state index contributed by atoms with van der Waals surface area (Å²) in [5.41, 5.74) is 2.15. The van der Waals surface area contributed by atoms with Crippen molar-refractivity contribution < 1.29 is 9.53 Å². The van der Waals surface area contributed by atoms with Crippen molar-refractivity contribution in [2.45, 2.75) is 0 Å². The number of aromatic nitrogens is 1. The highest BCUT2D eigenvalue weighted by atomic mass is 16.5. The first-order chi connectivity index (χ1) is 7.86. The van der Waals surface area contributed by atoms with Crippen molar-refractivity contribution in [3.05, 3.63) is 48.2 Å². The van der Waals surface area contributed by atoms with E-state index in [4.69, 9.17) is 4.74 Å². The second kappa shape index (κ2) is 4.57. The standard InChI is InChI=1S/C13H11NO2/c1-16-13-10(9-15)5-4-6-11(13)12-7-2-3-8-14-12/h2-9H,1H3. The first-order valence-corrected chi connectivity index (χ1v) is 4.90. The van der Waals surface area contributed by atoms with E-state index in [1.54, 1.807) is 19.4 Å². The molecule has 80 valence electrons. The molecule has 0 amide bonds. The minimum Gasteiger partial charge on any atom is -0.495 e. The third-order valence-corrected chi connectivity index (χ3v) is 2.32. The molecule has 0 aliphatic heterocycles. The van der Waals surface area contributed by atoms with Gasteiger partial charge in [-0.2, -0.15) is 0 Å². The number of ether oxygens (including phenoxy) is 1. The van der Waals surface area contributed by atoms with Crippen LogP contribution in [0, 0.1) is 0 Å². The van der Waals surface area contributed by atoms with Gasteiger partial charge in [-0.1, -0.05) is 12.1 Å². The summed E-state index contributed by atoms with van der Waals surface area (Å²) in [4.78, 5) is 15.1. The quantitative estimate of drug-likeness (QED) is 0.735. The zero-order valence-electron chi connectivity index (χ0n) is 8.88. The molecule has 1 aromatic heterocycles.